The zero-order valence-electron chi connectivity index (χ0n) is 9.99. The van der Waals surface area contributed by atoms with Crippen LogP contribution in [-0.2, 0) is 9.53 Å². The number of aliphatic hydroxyl groups is 2. The highest BCUT2D eigenvalue weighted by Crippen LogP contribution is 2.26. The van der Waals surface area contributed by atoms with E-state index in [1.165, 1.54) is 7.11 Å². The second-order valence-corrected chi connectivity index (χ2v) is 4.42. The maximum absolute atomic E-state index is 10.9. The Balaban J connectivity index is 4.09. The van der Waals surface area contributed by atoms with Crippen molar-refractivity contribution in [2.45, 2.75) is 51.7 Å². The van der Waals surface area contributed by atoms with E-state index in [0.29, 0.717) is 12.8 Å². The van der Waals surface area contributed by atoms with E-state index in [1.54, 1.807) is 13.8 Å². The van der Waals surface area contributed by atoms with Crippen molar-refractivity contribution in [3.8, 4) is 0 Å². The van der Waals surface area contributed by atoms with Crippen LogP contribution in [0.2, 0.25) is 0 Å². The zero-order chi connectivity index (χ0) is 12.1. The Kier molecular flexibility index (Phi) is 5.83. The van der Waals surface area contributed by atoms with Crippen molar-refractivity contribution in [2.24, 2.45) is 5.92 Å². The van der Waals surface area contributed by atoms with Crippen molar-refractivity contribution >= 4 is 5.97 Å². The molecule has 0 rings (SSSR count). The zero-order valence-corrected chi connectivity index (χ0v) is 9.99. The van der Waals surface area contributed by atoms with Gasteiger partial charge in [0.15, 0.2) is 0 Å². The number of hydrogen-bond acceptors (Lipinski definition) is 4. The molecule has 4 heteroatoms. The van der Waals surface area contributed by atoms with Crippen LogP contribution >= 0.6 is 0 Å². The van der Waals surface area contributed by atoms with Crippen LogP contribution in [0.25, 0.3) is 0 Å². The highest BCUT2D eigenvalue weighted by Gasteiger charge is 2.29. The molecule has 0 aliphatic carbocycles. The van der Waals surface area contributed by atoms with E-state index < -0.39 is 11.7 Å². The van der Waals surface area contributed by atoms with Gasteiger partial charge in [-0.1, -0.05) is 6.92 Å². The van der Waals surface area contributed by atoms with E-state index in [-0.39, 0.29) is 18.3 Å². The number of rotatable bonds is 6. The molecular formula is C11H22O4. The third-order valence-corrected chi connectivity index (χ3v) is 2.82. The molecule has 0 radical (unpaired) electrons. The van der Waals surface area contributed by atoms with Gasteiger partial charge in [-0.3, -0.25) is 4.79 Å². The largest absolute Gasteiger partial charge is 0.469 e. The standard InChI is InChI=1S/C11H22O4/c1-8(7-9(2)12)11(3,14)6-5-10(13)15-4/h8-9,12,14H,5-7H2,1-4H3. The first-order valence-electron chi connectivity index (χ1n) is 5.27. The van der Waals surface area contributed by atoms with E-state index in [1.807, 2.05) is 6.92 Å². The molecule has 0 bridgehead atoms. The lowest BCUT2D eigenvalue weighted by Crippen LogP contribution is -2.35. The first kappa shape index (κ1) is 14.4. The second kappa shape index (κ2) is 6.08. The van der Waals surface area contributed by atoms with E-state index in [2.05, 4.69) is 4.74 Å². The molecule has 2 N–H and O–H groups in total. The molecule has 0 aromatic carbocycles. The number of methoxy groups -OCH3 is 1. The fourth-order valence-electron chi connectivity index (χ4n) is 1.47. The Hall–Kier alpha value is -0.610. The van der Waals surface area contributed by atoms with Gasteiger partial charge in [-0.2, -0.15) is 0 Å². The molecule has 4 nitrogen and oxygen atoms in total. The van der Waals surface area contributed by atoms with E-state index in [4.69, 9.17) is 0 Å². The molecule has 90 valence electrons. The molecule has 0 aromatic heterocycles. The molecule has 0 fully saturated rings. The maximum atomic E-state index is 10.9. The molecule has 0 aromatic rings. The molecule has 0 aliphatic rings. The second-order valence-electron chi connectivity index (χ2n) is 4.42. The summed E-state index contributed by atoms with van der Waals surface area (Å²) in [6.07, 6.45) is 0.639. The average molecular weight is 218 g/mol. The normalized spacial score (nSPS) is 19.1. The van der Waals surface area contributed by atoms with Gasteiger partial charge >= 0.3 is 5.97 Å². The van der Waals surface area contributed by atoms with Gasteiger partial charge in [0.1, 0.15) is 0 Å². The summed E-state index contributed by atoms with van der Waals surface area (Å²) >= 11 is 0. The van der Waals surface area contributed by atoms with Crippen molar-refractivity contribution < 1.29 is 19.7 Å². The third kappa shape index (κ3) is 5.74. The lowest BCUT2D eigenvalue weighted by molar-refractivity contribution is -0.142. The molecule has 3 atom stereocenters. The summed E-state index contributed by atoms with van der Waals surface area (Å²) in [4.78, 5) is 10.9. The Bertz CT molecular complexity index is 199. The first-order chi connectivity index (χ1) is 6.79. The van der Waals surface area contributed by atoms with Crippen LogP contribution in [0.4, 0.5) is 0 Å². The minimum absolute atomic E-state index is 0.0536. The lowest BCUT2D eigenvalue weighted by Gasteiger charge is -2.30. The summed E-state index contributed by atoms with van der Waals surface area (Å²) < 4.78 is 4.51. The smallest absolute Gasteiger partial charge is 0.305 e. The quantitative estimate of drug-likeness (QED) is 0.655. The number of carbonyl (C=O) groups excluding carboxylic acids is 1. The van der Waals surface area contributed by atoms with Gasteiger partial charge in [0.05, 0.1) is 18.8 Å². The van der Waals surface area contributed by atoms with Crippen LogP contribution < -0.4 is 0 Å². The molecule has 0 saturated heterocycles. The Morgan fingerprint density at radius 2 is 2.00 bits per heavy atom. The molecule has 3 unspecified atom stereocenters. The van der Waals surface area contributed by atoms with E-state index in [0.717, 1.165) is 0 Å². The molecule has 0 saturated carbocycles. The summed E-state index contributed by atoms with van der Waals surface area (Å²) in [5, 5.41) is 19.3. The summed E-state index contributed by atoms with van der Waals surface area (Å²) in [7, 11) is 1.33. The van der Waals surface area contributed by atoms with Gasteiger partial charge in [0, 0.05) is 6.42 Å². The summed E-state index contributed by atoms with van der Waals surface area (Å²) in [5.74, 6) is -0.373. The third-order valence-electron chi connectivity index (χ3n) is 2.82. The van der Waals surface area contributed by atoms with Gasteiger partial charge < -0.3 is 14.9 Å². The van der Waals surface area contributed by atoms with Crippen molar-refractivity contribution in [1.82, 2.24) is 0 Å². The molecule has 15 heavy (non-hydrogen) atoms. The monoisotopic (exact) mass is 218 g/mol. The number of ether oxygens (including phenoxy) is 1. The first-order valence-corrected chi connectivity index (χ1v) is 5.27. The SMILES string of the molecule is COC(=O)CCC(C)(O)C(C)CC(C)O. The fourth-order valence-corrected chi connectivity index (χ4v) is 1.47. The van der Waals surface area contributed by atoms with Crippen LogP contribution in [0.5, 0.6) is 0 Å². The van der Waals surface area contributed by atoms with E-state index >= 15 is 0 Å². The summed E-state index contributed by atoms with van der Waals surface area (Å²) in [6.45, 7) is 5.24. The Morgan fingerprint density at radius 1 is 1.47 bits per heavy atom. The predicted molar refractivity (Wildman–Crippen MR) is 57.3 cm³/mol. The highest BCUT2D eigenvalue weighted by molar-refractivity contribution is 5.69. The maximum Gasteiger partial charge on any atom is 0.305 e. The number of hydrogen-bond donors (Lipinski definition) is 2. The minimum Gasteiger partial charge on any atom is -0.469 e. The van der Waals surface area contributed by atoms with Crippen molar-refractivity contribution in [3.05, 3.63) is 0 Å². The van der Waals surface area contributed by atoms with Crippen LogP contribution in [-0.4, -0.2) is 35.0 Å². The van der Waals surface area contributed by atoms with Crippen molar-refractivity contribution in [2.75, 3.05) is 7.11 Å². The van der Waals surface area contributed by atoms with Crippen LogP contribution in [0.15, 0.2) is 0 Å². The van der Waals surface area contributed by atoms with Crippen LogP contribution in [0, 0.1) is 5.92 Å². The van der Waals surface area contributed by atoms with Crippen LogP contribution in [0.1, 0.15) is 40.0 Å². The molecule has 0 heterocycles. The molecule has 0 spiro atoms. The molecule has 0 aliphatic heterocycles. The highest BCUT2D eigenvalue weighted by atomic mass is 16.5. The van der Waals surface area contributed by atoms with Crippen LogP contribution in [0.3, 0.4) is 0 Å². The minimum atomic E-state index is -0.939. The van der Waals surface area contributed by atoms with E-state index in [9.17, 15) is 15.0 Å². The molecule has 0 amide bonds. The van der Waals surface area contributed by atoms with Crippen molar-refractivity contribution in [1.29, 1.82) is 0 Å². The van der Waals surface area contributed by atoms with Gasteiger partial charge in [-0.15, -0.1) is 0 Å². The van der Waals surface area contributed by atoms with Gasteiger partial charge in [0.2, 0.25) is 0 Å². The molecular weight excluding hydrogens is 196 g/mol. The Labute approximate surface area is 91.3 Å². The number of carbonyl (C=O) groups is 1. The summed E-state index contributed by atoms with van der Waals surface area (Å²) in [5.41, 5.74) is -0.939. The van der Waals surface area contributed by atoms with Gasteiger partial charge in [0.25, 0.3) is 0 Å². The Morgan fingerprint density at radius 3 is 2.40 bits per heavy atom. The van der Waals surface area contributed by atoms with Gasteiger partial charge in [-0.05, 0) is 32.6 Å². The number of aliphatic hydroxyl groups excluding tert-OH is 1. The topological polar surface area (TPSA) is 66.8 Å². The van der Waals surface area contributed by atoms with Gasteiger partial charge in [-0.25, -0.2) is 0 Å². The lowest BCUT2D eigenvalue weighted by atomic mass is 9.83. The average Bonchev–Trinajstić information content (AvgIpc) is 2.13. The fraction of sp³-hybridized carbons (Fsp3) is 0.909. The number of esters is 1. The summed E-state index contributed by atoms with van der Waals surface area (Å²) in [6, 6.07) is 0. The van der Waals surface area contributed by atoms with Crippen molar-refractivity contribution in [3.63, 3.8) is 0 Å². The predicted octanol–water partition coefficient (Wildman–Crippen LogP) is 1.10.